The van der Waals surface area contributed by atoms with E-state index in [9.17, 15) is 0 Å². The zero-order valence-corrected chi connectivity index (χ0v) is 9.89. The summed E-state index contributed by atoms with van der Waals surface area (Å²) >= 11 is 3.42. The van der Waals surface area contributed by atoms with Crippen LogP contribution in [0.3, 0.4) is 0 Å². The summed E-state index contributed by atoms with van der Waals surface area (Å²) in [6.45, 7) is 8.87. The Labute approximate surface area is 83.4 Å². The number of rotatable bonds is 5. The Hall–Kier alpha value is 0.400. The van der Waals surface area contributed by atoms with Gasteiger partial charge in [0.05, 0.1) is 13.2 Å². The van der Waals surface area contributed by atoms with E-state index < -0.39 is 0 Å². The molecule has 0 rings (SSSR count). The molecule has 0 amide bonds. The number of halogens is 1. The number of hydrogen-bond acceptors (Lipinski definition) is 2. The van der Waals surface area contributed by atoms with E-state index in [1.165, 1.54) is 0 Å². The van der Waals surface area contributed by atoms with E-state index in [0.29, 0.717) is 12.5 Å². The van der Waals surface area contributed by atoms with Crippen LogP contribution in [0.2, 0.25) is 0 Å². The summed E-state index contributed by atoms with van der Waals surface area (Å²) in [5, 5.41) is 9.04. The van der Waals surface area contributed by atoms with Gasteiger partial charge >= 0.3 is 0 Å². The highest BCUT2D eigenvalue weighted by Crippen LogP contribution is 2.19. The molecule has 74 valence electrons. The molecular weight excluding hydrogens is 220 g/mol. The Bertz CT molecular complexity index is 124. The van der Waals surface area contributed by atoms with Crippen LogP contribution in [0.5, 0.6) is 0 Å². The van der Waals surface area contributed by atoms with Crippen LogP contribution < -0.4 is 0 Å². The van der Waals surface area contributed by atoms with Gasteiger partial charge in [0.1, 0.15) is 5.01 Å². The Morgan fingerprint density at radius 3 is 2.25 bits per heavy atom. The van der Waals surface area contributed by atoms with Crippen molar-refractivity contribution in [3.8, 4) is 0 Å². The first-order valence-electron chi connectivity index (χ1n) is 4.25. The molecule has 0 aliphatic rings. The van der Waals surface area contributed by atoms with Crippen molar-refractivity contribution in [1.29, 1.82) is 0 Å². The summed E-state index contributed by atoms with van der Waals surface area (Å²) in [5.41, 5.74) is -0.138. The highest BCUT2D eigenvalue weighted by molar-refractivity contribution is 9.09. The lowest BCUT2D eigenvalue weighted by atomic mass is 9.96. The van der Waals surface area contributed by atoms with Crippen LogP contribution in [0.15, 0.2) is 0 Å². The fraction of sp³-hybridized carbons (Fsp3) is 1.00. The Morgan fingerprint density at radius 2 is 1.92 bits per heavy atom. The Kier molecular flexibility index (Phi) is 5.37. The predicted octanol–water partition coefficient (Wildman–Crippen LogP) is 2.40. The van der Waals surface area contributed by atoms with Gasteiger partial charge in [0.25, 0.3) is 0 Å². The number of ether oxygens (including phenoxy) is 1. The van der Waals surface area contributed by atoms with Gasteiger partial charge in [-0.05, 0) is 5.92 Å². The van der Waals surface area contributed by atoms with E-state index in [0.717, 1.165) is 0 Å². The minimum atomic E-state index is -0.138. The molecule has 12 heavy (non-hydrogen) atoms. The Morgan fingerprint density at radius 1 is 1.42 bits per heavy atom. The first-order valence-corrected chi connectivity index (χ1v) is 5.17. The van der Waals surface area contributed by atoms with Gasteiger partial charge in [0.2, 0.25) is 0 Å². The predicted molar refractivity (Wildman–Crippen MR) is 54.4 cm³/mol. The lowest BCUT2D eigenvalue weighted by molar-refractivity contribution is 0.00523. The maximum atomic E-state index is 8.95. The van der Waals surface area contributed by atoms with Gasteiger partial charge < -0.3 is 9.84 Å². The molecule has 2 nitrogen and oxygen atoms in total. The average Bonchev–Trinajstić information content (AvgIpc) is 2.00. The summed E-state index contributed by atoms with van der Waals surface area (Å²) in [5.74, 6) is 0.458. The summed E-state index contributed by atoms with van der Waals surface area (Å²) < 4.78 is 5.52. The fourth-order valence-corrected chi connectivity index (χ4v) is 0.675. The van der Waals surface area contributed by atoms with E-state index in [4.69, 9.17) is 9.84 Å². The molecule has 3 heteroatoms. The molecule has 0 fully saturated rings. The van der Waals surface area contributed by atoms with Gasteiger partial charge in [0.15, 0.2) is 0 Å². The Balaban J connectivity index is 3.67. The van der Waals surface area contributed by atoms with Gasteiger partial charge in [-0.1, -0.05) is 43.6 Å². The zero-order chi connectivity index (χ0) is 9.78. The maximum Gasteiger partial charge on any atom is 0.114 e. The van der Waals surface area contributed by atoms with E-state index in [-0.39, 0.29) is 17.0 Å². The van der Waals surface area contributed by atoms with Gasteiger partial charge in [-0.15, -0.1) is 0 Å². The minimum absolute atomic E-state index is 0.0864. The van der Waals surface area contributed by atoms with E-state index in [1.807, 2.05) is 13.8 Å². The van der Waals surface area contributed by atoms with Crippen LogP contribution in [-0.2, 0) is 4.74 Å². The third kappa shape index (κ3) is 5.12. The van der Waals surface area contributed by atoms with Crippen molar-refractivity contribution < 1.29 is 9.84 Å². The van der Waals surface area contributed by atoms with Gasteiger partial charge in [-0.25, -0.2) is 0 Å². The number of alkyl halides is 1. The highest BCUT2D eigenvalue weighted by atomic mass is 79.9. The van der Waals surface area contributed by atoms with E-state index in [2.05, 4.69) is 29.8 Å². The monoisotopic (exact) mass is 238 g/mol. The minimum Gasteiger partial charge on any atom is -0.396 e. The molecule has 0 aromatic rings. The molecule has 1 unspecified atom stereocenters. The molecule has 0 aliphatic carbocycles. The van der Waals surface area contributed by atoms with Crippen LogP contribution in [0.4, 0.5) is 0 Å². The molecule has 1 N–H and O–H groups in total. The van der Waals surface area contributed by atoms with Crippen molar-refractivity contribution >= 4 is 15.9 Å². The van der Waals surface area contributed by atoms with Crippen LogP contribution in [0.1, 0.15) is 27.7 Å². The zero-order valence-electron chi connectivity index (χ0n) is 8.30. The topological polar surface area (TPSA) is 29.5 Å². The molecule has 0 saturated carbocycles. The summed E-state index contributed by atoms with van der Waals surface area (Å²) in [7, 11) is 0. The molecule has 0 bridgehead atoms. The first-order chi connectivity index (χ1) is 5.39. The molecule has 0 spiro atoms. The van der Waals surface area contributed by atoms with E-state index >= 15 is 0 Å². The molecule has 0 aromatic heterocycles. The maximum absolute atomic E-state index is 8.95. The van der Waals surface area contributed by atoms with Gasteiger partial charge in [-0.3, -0.25) is 0 Å². The van der Waals surface area contributed by atoms with Gasteiger partial charge in [0, 0.05) is 5.41 Å². The summed E-state index contributed by atoms with van der Waals surface area (Å²) in [6.07, 6.45) is 0. The average molecular weight is 239 g/mol. The van der Waals surface area contributed by atoms with Crippen LogP contribution in [0.25, 0.3) is 0 Å². The first kappa shape index (κ1) is 12.4. The lowest BCUT2D eigenvalue weighted by Gasteiger charge is -2.24. The number of aliphatic hydroxyl groups is 1. The highest BCUT2D eigenvalue weighted by Gasteiger charge is 2.19. The van der Waals surface area contributed by atoms with Crippen LogP contribution in [-0.4, -0.2) is 23.3 Å². The third-order valence-corrected chi connectivity index (χ3v) is 2.91. The number of aliphatic hydroxyl groups excluding tert-OH is 1. The van der Waals surface area contributed by atoms with Crippen LogP contribution in [0, 0.1) is 11.3 Å². The van der Waals surface area contributed by atoms with Gasteiger partial charge in [-0.2, -0.15) is 0 Å². The second kappa shape index (κ2) is 5.20. The van der Waals surface area contributed by atoms with Crippen molar-refractivity contribution in [2.24, 2.45) is 11.3 Å². The SMILES string of the molecule is CC(C)C(Br)OCC(C)(C)CO. The standard InChI is InChI=1S/C9H19BrO2/c1-7(2)8(10)12-6-9(3,4)5-11/h7-8,11H,5-6H2,1-4H3. The molecule has 0 aromatic carbocycles. The summed E-state index contributed by atoms with van der Waals surface area (Å²) in [6, 6.07) is 0. The van der Waals surface area contributed by atoms with E-state index in [1.54, 1.807) is 0 Å². The van der Waals surface area contributed by atoms with Crippen LogP contribution >= 0.6 is 15.9 Å². The molecular formula is C9H19BrO2. The fourth-order valence-electron chi connectivity index (χ4n) is 0.543. The summed E-state index contributed by atoms with van der Waals surface area (Å²) in [4.78, 5) is 0. The largest absolute Gasteiger partial charge is 0.396 e. The van der Waals surface area contributed by atoms with Crippen molar-refractivity contribution in [3.05, 3.63) is 0 Å². The quantitative estimate of drug-likeness (QED) is 0.746. The molecule has 0 radical (unpaired) electrons. The molecule has 1 atom stereocenters. The molecule has 0 saturated heterocycles. The van der Waals surface area contributed by atoms with Crippen molar-refractivity contribution in [1.82, 2.24) is 0 Å². The lowest BCUT2D eigenvalue weighted by Crippen LogP contribution is -2.27. The second-order valence-corrected chi connectivity index (χ2v) is 5.13. The second-order valence-electron chi connectivity index (χ2n) is 4.23. The number of hydrogen-bond donors (Lipinski definition) is 1. The van der Waals surface area contributed by atoms with Crippen molar-refractivity contribution in [2.45, 2.75) is 32.7 Å². The van der Waals surface area contributed by atoms with Crippen molar-refractivity contribution in [3.63, 3.8) is 0 Å². The van der Waals surface area contributed by atoms with Crippen molar-refractivity contribution in [2.75, 3.05) is 13.2 Å². The smallest absolute Gasteiger partial charge is 0.114 e. The molecule has 0 aliphatic heterocycles. The molecule has 0 heterocycles. The normalized spacial score (nSPS) is 15.2. The third-order valence-electron chi connectivity index (χ3n) is 1.59.